The fourth-order valence-corrected chi connectivity index (χ4v) is 7.77. The van der Waals surface area contributed by atoms with E-state index in [0.717, 1.165) is 32.1 Å². The van der Waals surface area contributed by atoms with Crippen LogP contribution in [0.2, 0.25) is 0 Å². The maximum absolute atomic E-state index is 13.7. The van der Waals surface area contributed by atoms with Gasteiger partial charge < -0.3 is 25.6 Å². The molecule has 1 aliphatic rings. The van der Waals surface area contributed by atoms with E-state index in [0.29, 0.717) is 34.7 Å². The normalized spacial score (nSPS) is 14.8. The fourth-order valence-electron chi connectivity index (χ4n) is 5.91. The standard InChI is InChI=1S/C33H49N5O6S.C2HF3O2/c1-21(2)38(22(3)4)45(41,42)26-15-13-23(5)27(20-26)35-32(40)28(17-24-11-9-8-10-12-24)36-33(34)37-31(39)19-25-14-16-29(43-6)30(18-25)44-7;3-2(4,5)1(6)7/h13-16,18,20-22,24,28H,8-12,17,19H2,1-7H3,(H,35,40)(H3,34,36,37,39);(H,6,7)/t28-;/m1./s1. The summed E-state index contributed by atoms with van der Waals surface area (Å²) in [5.74, 6) is -2.39. The number of alkyl halides is 3. The number of carbonyl (C=O) groups excluding carboxylic acids is 2. The van der Waals surface area contributed by atoms with E-state index in [1.807, 2.05) is 27.7 Å². The maximum atomic E-state index is 13.7. The summed E-state index contributed by atoms with van der Waals surface area (Å²) in [5.41, 5.74) is 7.96. The number of aliphatic imine (C=N–C) groups is 1. The molecule has 0 aliphatic heterocycles. The molecular formula is C35H50F3N5O8S. The van der Waals surface area contributed by atoms with Crippen LogP contribution in [0.4, 0.5) is 18.9 Å². The van der Waals surface area contributed by atoms with Crippen molar-refractivity contribution < 1.29 is 50.6 Å². The van der Waals surface area contributed by atoms with Crippen molar-refractivity contribution in [3.63, 3.8) is 0 Å². The largest absolute Gasteiger partial charge is 0.493 e. The zero-order valence-electron chi connectivity index (χ0n) is 30.5. The minimum absolute atomic E-state index is 0.0142. The first kappa shape index (κ1) is 43.8. The van der Waals surface area contributed by atoms with Crippen LogP contribution in [0.3, 0.4) is 0 Å². The van der Waals surface area contributed by atoms with Crippen LogP contribution in [0, 0.1) is 12.8 Å². The molecule has 0 radical (unpaired) electrons. The molecule has 1 atom stereocenters. The molecule has 1 aliphatic carbocycles. The first-order valence-corrected chi connectivity index (χ1v) is 18.2. The number of methoxy groups -OCH3 is 2. The minimum Gasteiger partial charge on any atom is -0.493 e. The third-order valence-corrected chi connectivity index (χ3v) is 10.5. The molecule has 0 bridgehead atoms. The quantitative estimate of drug-likeness (QED) is 0.153. The molecule has 2 aromatic rings. The molecule has 2 amide bonds. The van der Waals surface area contributed by atoms with E-state index in [4.69, 9.17) is 25.1 Å². The Morgan fingerprint density at radius 1 is 0.981 bits per heavy atom. The number of aryl methyl sites for hydroxylation is 1. The number of nitrogens with zero attached hydrogens (tertiary/aromatic N) is 2. The zero-order chi connectivity index (χ0) is 39.4. The van der Waals surface area contributed by atoms with Crippen molar-refractivity contribution in [2.24, 2.45) is 16.6 Å². The highest BCUT2D eigenvalue weighted by atomic mass is 32.2. The number of carboxylic acids is 1. The number of aliphatic carboxylic acids is 1. The van der Waals surface area contributed by atoms with Gasteiger partial charge in [-0.3, -0.25) is 14.9 Å². The number of nitrogens with two attached hydrogens (primary N) is 1. The summed E-state index contributed by atoms with van der Waals surface area (Å²) in [4.78, 5) is 40.0. The third kappa shape index (κ3) is 13.0. The van der Waals surface area contributed by atoms with Gasteiger partial charge in [0.1, 0.15) is 6.04 Å². The predicted molar refractivity (Wildman–Crippen MR) is 191 cm³/mol. The number of rotatable bonds is 13. The average molecular weight is 758 g/mol. The van der Waals surface area contributed by atoms with Crippen molar-refractivity contribution in [2.45, 2.75) is 109 Å². The smallest absolute Gasteiger partial charge is 0.490 e. The van der Waals surface area contributed by atoms with Crippen LogP contribution in [0.25, 0.3) is 0 Å². The summed E-state index contributed by atoms with van der Waals surface area (Å²) in [7, 11) is -0.756. The number of guanidine groups is 1. The van der Waals surface area contributed by atoms with E-state index >= 15 is 0 Å². The number of sulfonamides is 1. The number of halogens is 3. The van der Waals surface area contributed by atoms with Crippen LogP contribution in [0.5, 0.6) is 11.5 Å². The molecule has 0 saturated heterocycles. The van der Waals surface area contributed by atoms with Gasteiger partial charge in [0.05, 0.1) is 25.5 Å². The molecule has 13 nitrogen and oxygen atoms in total. The van der Waals surface area contributed by atoms with Gasteiger partial charge in [0.2, 0.25) is 21.8 Å². The molecule has 5 N–H and O–H groups in total. The van der Waals surface area contributed by atoms with Gasteiger partial charge in [-0.25, -0.2) is 18.2 Å². The molecule has 0 spiro atoms. The van der Waals surface area contributed by atoms with Crippen LogP contribution in [-0.2, 0) is 30.8 Å². The van der Waals surface area contributed by atoms with E-state index in [1.54, 1.807) is 37.3 Å². The van der Waals surface area contributed by atoms with Gasteiger partial charge in [-0.2, -0.15) is 17.5 Å². The fraction of sp³-hybridized carbons (Fsp3) is 0.543. The number of hydrogen-bond donors (Lipinski definition) is 4. The lowest BCUT2D eigenvalue weighted by Crippen LogP contribution is -2.42. The third-order valence-electron chi connectivity index (χ3n) is 8.26. The molecule has 52 heavy (non-hydrogen) atoms. The van der Waals surface area contributed by atoms with Crippen molar-refractivity contribution in [1.82, 2.24) is 9.62 Å². The lowest BCUT2D eigenvalue weighted by molar-refractivity contribution is -0.192. The van der Waals surface area contributed by atoms with Gasteiger partial charge in [0.15, 0.2) is 17.5 Å². The molecule has 0 aromatic heterocycles. The number of anilines is 1. The SMILES string of the molecule is COc1ccc(CC(=O)NC(N)=N[C@H](CC2CCCCC2)C(=O)Nc2cc(S(=O)(=O)N(C(C)C)C(C)C)ccc2C)cc1OC.O=C(O)C(F)(F)F. The summed E-state index contributed by atoms with van der Waals surface area (Å²) in [6.07, 6.45) is 0.692. The Kier molecular flexibility index (Phi) is 16.4. The number of ether oxygens (including phenoxy) is 2. The minimum atomic E-state index is -5.08. The monoisotopic (exact) mass is 757 g/mol. The Hall–Kier alpha value is -4.38. The molecular weight excluding hydrogens is 707 g/mol. The van der Waals surface area contributed by atoms with Crippen molar-refractivity contribution in [3.8, 4) is 11.5 Å². The molecule has 1 saturated carbocycles. The van der Waals surface area contributed by atoms with Gasteiger partial charge >= 0.3 is 12.1 Å². The number of carboxylic acid groups (broad SMARTS) is 1. The van der Waals surface area contributed by atoms with Gasteiger partial charge in [0, 0.05) is 17.8 Å². The second kappa shape index (κ2) is 19.5. The highest BCUT2D eigenvalue weighted by Crippen LogP contribution is 2.30. The second-order valence-corrected chi connectivity index (χ2v) is 14.8. The molecule has 2 aromatic carbocycles. The van der Waals surface area contributed by atoms with E-state index in [2.05, 4.69) is 15.6 Å². The molecule has 3 rings (SSSR count). The topological polar surface area (TPSA) is 190 Å². The first-order valence-electron chi connectivity index (χ1n) is 16.8. The summed E-state index contributed by atoms with van der Waals surface area (Å²) >= 11 is 0. The lowest BCUT2D eigenvalue weighted by Gasteiger charge is -2.30. The van der Waals surface area contributed by atoms with Gasteiger partial charge in [-0.15, -0.1) is 0 Å². The summed E-state index contributed by atoms with van der Waals surface area (Å²) in [5, 5.41) is 12.6. The number of benzene rings is 2. The zero-order valence-corrected chi connectivity index (χ0v) is 31.4. The van der Waals surface area contributed by atoms with Crippen LogP contribution >= 0.6 is 0 Å². The Labute approximate surface area is 303 Å². The molecule has 290 valence electrons. The van der Waals surface area contributed by atoms with Crippen molar-refractivity contribution in [1.29, 1.82) is 0 Å². The number of nitrogens with one attached hydrogen (secondary N) is 2. The summed E-state index contributed by atoms with van der Waals surface area (Å²) in [6.45, 7) is 9.13. The highest BCUT2D eigenvalue weighted by molar-refractivity contribution is 7.89. The number of carbonyl (C=O) groups is 3. The predicted octanol–water partition coefficient (Wildman–Crippen LogP) is 5.40. The number of amides is 2. The Morgan fingerprint density at radius 2 is 1.56 bits per heavy atom. The van der Waals surface area contributed by atoms with Gasteiger partial charge in [0.25, 0.3) is 0 Å². The second-order valence-electron chi connectivity index (χ2n) is 13.0. The van der Waals surface area contributed by atoms with E-state index in [9.17, 15) is 31.2 Å². The van der Waals surface area contributed by atoms with Crippen molar-refractivity contribution in [3.05, 3.63) is 47.5 Å². The Balaban J connectivity index is 0.00000121. The van der Waals surface area contributed by atoms with E-state index in [-0.39, 0.29) is 35.3 Å². The molecule has 0 heterocycles. The molecule has 17 heteroatoms. The van der Waals surface area contributed by atoms with Gasteiger partial charge in [-0.1, -0.05) is 44.2 Å². The van der Waals surface area contributed by atoms with E-state index < -0.39 is 40.0 Å². The van der Waals surface area contributed by atoms with Crippen molar-refractivity contribution >= 4 is 39.5 Å². The highest BCUT2D eigenvalue weighted by Gasteiger charge is 2.38. The van der Waals surface area contributed by atoms with E-state index in [1.165, 1.54) is 24.6 Å². The average Bonchev–Trinajstić information content (AvgIpc) is 3.04. The Bertz CT molecular complexity index is 1670. The van der Waals surface area contributed by atoms with Crippen LogP contribution in [0.15, 0.2) is 46.3 Å². The summed E-state index contributed by atoms with van der Waals surface area (Å²) in [6, 6.07) is 8.56. The van der Waals surface area contributed by atoms with Gasteiger partial charge in [-0.05, 0) is 82.3 Å². The number of hydrogen-bond acceptors (Lipinski definition) is 8. The van der Waals surface area contributed by atoms with Crippen LogP contribution < -0.4 is 25.8 Å². The molecule has 0 unspecified atom stereocenters. The van der Waals surface area contributed by atoms with Crippen LogP contribution in [-0.4, -0.2) is 80.1 Å². The van der Waals surface area contributed by atoms with Crippen molar-refractivity contribution in [2.75, 3.05) is 19.5 Å². The first-order chi connectivity index (χ1) is 24.2. The van der Waals surface area contributed by atoms with Crippen LogP contribution in [0.1, 0.15) is 77.3 Å². The lowest BCUT2D eigenvalue weighted by atomic mass is 9.84. The molecule has 1 fully saturated rings. The summed E-state index contributed by atoms with van der Waals surface area (Å²) < 4.78 is 70.8. The Morgan fingerprint density at radius 3 is 2.08 bits per heavy atom. The maximum Gasteiger partial charge on any atom is 0.490 e.